The van der Waals surface area contributed by atoms with Crippen LogP contribution in [-0.4, -0.2) is 45.0 Å². The zero-order valence-electron chi connectivity index (χ0n) is 16.7. The number of carbonyl (C=O) groups excluding carboxylic acids is 1. The Morgan fingerprint density at radius 3 is 2.52 bits per heavy atom. The minimum atomic E-state index is 0.0512. The van der Waals surface area contributed by atoms with Crippen LogP contribution in [0.25, 0.3) is 10.8 Å². The van der Waals surface area contributed by atoms with Crippen molar-refractivity contribution < 1.29 is 9.53 Å². The first-order chi connectivity index (χ1) is 14.1. The Morgan fingerprint density at radius 2 is 1.86 bits per heavy atom. The maximum absolute atomic E-state index is 13.1. The van der Waals surface area contributed by atoms with E-state index in [1.54, 1.807) is 18.5 Å². The normalized spacial score (nSPS) is 14.8. The van der Waals surface area contributed by atoms with Crippen molar-refractivity contribution in [2.45, 2.75) is 39.2 Å². The number of rotatable bonds is 5. The van der Waals surface area contributed by atoms with E-state index in [4.69, 9.17) is 4.74 Å². The highest BCUT2D eigenvalue weighted by Crippen LogP contribution is 2.28. The molecule has 0 bridgehead atoms. The van der Waals surface area contributed by atoms with Gasteiger partial charge in [0.2, 0.25) is 0 Å². The van der Waals surface area contributed by atoms with E-state index in [-0.39, 0.29) is 12.0 Å². The molecule has 0 aliphatic carbocycles. The molecule has 6 nitrogen and oxygen atoms in total. The van der Waals surface area contributed by atoms with Crippen LogP contribution in [0.15, 0.2) is 42.7 Å². The van der Waals surface area contributed by atoms with Gasteiger partial charge in [-0.2, -0.15) is 0 Å². The molecule has 29 heavy (non-hydrogen) atoms. The summed E-state index contributed by atoms with van der Waals surface area (Å²) in [5.41, 5.74) is 2.04. The predicted octanol–water partition coefficient (Wildman–Crippen LogP) is 4.15. The Labute approximate surface area is 174 Å². The maximum atomic E-state index is 13.1. The second-order valence-corrected chi connectivity index (χ2v) is 8.14. The van der Waals surface area contributed by atoms with E-state index >= 15 is 0 Å². The van der Waals surface area contributed by atoms with Crippen molar-refractivity contribution in [3.8, 4) is 16.6 Å². The summed E-state index contributed by atoms with van der Waals surface area (Å²) in [5.74, 6) is 1.51. The fourth-order valence-corrected chi connectivity index (χ4v) is 4.46. The number of benzene rings is 1. The molecule has 0 radical (unpaired) electrons. The lowest BCUT2D eigenvalue weighted by molar-refractivity contribution is 0.0599. The molecule has 7 heteroatoms. The van der Waals surface area contributed by atoms with Crippen LogP contribution in [0.2, 0.25) is 0 Å². The van der Waals surface area contributed by atoms with E-state index in [0.717, 1.165) is 24.3 Å². The average molecular weight is 409 g/mol. The van der Waals surface area contributed by atoms with E-state index in [2.05, 4.69) is 34.0 Å². The third kappa shape index (κ3) is 4.45. The van der Waals surface area contributed by atoms with Crippen LogP contribution in [0.1, 0.15) is 40.7 Å². The molecule has 1 amide bonds. The first-order valence-corrected chi connectivity index (χ1v) is 10.8. The number of aromatic nitrogens is 3. The van der Waals surface area contributed by atoms with Crippen molar-refractivity contribution in [3.63, 3.8) is 0 Å². The molecular formula is C22H24N4O2S. The minimum Gasteiger partial charge on any atom is -0.490 e. The predicted molar refractivity (Wildman–Crippen MR) is 113 cm³/mol. The number of thiazole rings is 1. The summed E-state index contributed by atoms with van der Waals surface area (Å²) in [6, 6.07) is 9.89. The lowest BCUT2D eigenvalue weighted by atomic mass is 10.1. The smallest absolute Gasteiger partial charge is 0.265 e. The van der Waals surface area contributed by atoms with E-state index in [1.807, 2.05) is 24.0 Å². The van der Waals surface area contributed by atoms with E-state index in [1.165, 1.54) is 16.9 Å². The van der Waals surface area contributed by atoms with Gasteiger partial charge in [-0.3, -0.25) is 4.79 Å². The SMILES string of the molecule is CCc1nc(-c2ncccn2)sc1C(=O)N1CCC(Oc2ccc(C)cc2)CC1. The monoisotopic (exact) mass is 408 g/mol. The molecule has 1 aliphatic rings. The van der Waals surface area contributed by atoms with E-state index in [9.17, 15) is 4.79 Å². The number of hydrogen-bond donors (Lipinski definition) is 0. The summed E-state index contributed by atoms with van der Waals surface area (Å²) >= 11 is 1.39. The van der Waals surface area contributed by atoms with Crippen LogP contribution in [0.5, 0.6) is 5.75 Å². The maximum Gasteiger partial charge on any atom is 0.265 e. The average Bonchev–Trinajstić information content (AvgIpc) is 3.20. The first kappa shape index (κ1) is 19.5. The van der Waals surface area contributed by atoms with Gasteiger partial charge in [0.15, 0.2) is 10.8 Å². The standard InChI is InChI=1S/C22H24N4O2S/c1-3-18-19(29-21(25-18)20-23-11-4-12-24-20)22(27)26-13-9-17(10-14-26)28-16-7-5-15(2)6-8-16/h4-8,11-12,17H,3,9-10,13-14H2,1-2H3. The number of piperidine rings is 1. The molecule has 1 fully saturated rings. The second kappa shape index (κ2) is 8.69. The van der Waals surface area contributed by atoms with Gasteiger partial charge in [0.1, 0.15) is 16.7 Å². The summed E-state index contributed by atoms with van der Waals surface area (Å²) in [7, 11) is 0. The van der Waals surface area contributed by atoms with Gasteiger partial charge in [0.25, 0.3) is 5.91 Å². The molecule has 150 valence electrons. The van der Waals surface area contributed by atoms with Gasteiger partial charge in [-0.15, -0.1) is 11.3 Å². The molecule has 0 unspecified atom stereocenters. The Bertz CT molecular complexity index is 964. The number of nitrogens with zero attached hydrogens (tertiary/aromatic N) is 4. The van der Waals surface area contributed by atoms with Gasteiger partial charge >= 0.3 is 0 Å². The fourth-order valence-electron chi connectivity index (χ4n) is 3.39. The summed E-state index contributed by atoms with van der Waals surface area (Å²) in [5, 5.41) is 0.698. The van der Waals surface area contributed by atoms with Gasteiger partial charge in [0, 0.05) is 38.3 Å². The molecule has 2 aromatic heterocycles. The molecule has 0 saturated carbocycles. The van der Waals surface area contributed by atoms with Crippen molar-refractivity contribution >= 4 is 17.2 Å². The topological polar surface area (TPSA) is 68.2 Å². The van der Waals surface area contributed by atoms with Crippen molar-refractivity contribution in [2.24, 2.45) is 0 Å². The number of amides is 1. The first-order valence-electron chi connectivity index (χ1n) is 9.93. The van der Waals surface area contributed by atoms with Crippen LogP contribution in [0.4, 0.5) is 0 Å². The lowest BCUT2D eigenvalue weighted by Crippen LogP contribution is -2.41. The van der Waals surface area contributed by atoms with Gasteiger partial charge in [-0.25, -0.2) is 15.0 Å². The second-order valence-electron chi connectivity index (χ2n) is 7.14. The highest BCUT2D eigenvalue weighted by atomic mass is 32.1. The van der Waals surface area contributed by atoms with Gasteiger partial charge in [-0.1, -0.05) is 24.6 Å². The number of ether oxygens (including phenoxy) is 1. The van der Waals surface area contributed by atoms with Crippen LogP contribution >= 0.6 is 11.3 Å². The van der Waals surface area contributed by atoms with Gasteiger partial charge in [0.05, 0.1) is 5.69 Å². The van der Waals surface area contributed by atoms with Gasteiger partial charge < -0.3 is 9.64 Å². The highest BCUT2D eigenvalue weighted by molar-refractivity contribution is 7.17. The Morgan fingerprint density at radius 1 is 1.17 bits per heavy atom. The number of aryl methyl sites for hydroxylation is 2. The lowest BCUT2D eigenvalue weighted by Gasteiger charge is -2.32. The molecule has 0 N–H and O–H groups in total. The zero-order valence-corrected chi connectivity index (χ0v) is 17.5. The largest absolute Gasteiger partial charge is 0.490 e. The summed E-state index contributed by atoms with van der Waals surface area (Å²) in [6.45, 7) is 5.46. The summed E-state index contributed by atoms with van der Waals surface area (Å²) < 4.78 is 6.09. The van der Waals surface area contributed by atoms with Crippen LogP contribution < -0.4 is 4.74 Å². The highest BCUT2D eigenvalue weighted by Gasteiger charge is 2.28. The molecule has 3 aromatic rings. The molecule has 0 atom stereocenters. The molecule has 4 rings (SSSR count). The van der Waals surface area contributed by atoms with Crippen LogP contribution in [0.3, 0.4) is 0 Å². The zero-order chi connectivity index (χ0) is 20.2. The van der Waals surface area contributed by atoms with Crippen LogP contribution in [-0.2, 0) is 6.42 Å². The molecule has 1 aliphatic heterocycles. The number of hydrogen-bond acceptors (Lipinski definition) is 6. The Kier molecular flexibility index (Phi) is 5.85. The summed E-state index contributed by atoms with van der Waals surface area (Å²) in [6.07, 6.45) is 5.88. The number of likely N-dealkylation sites (tertiary alicyclic amines) is 1. The Hall–Kier alpha value is -2.80. The van der Waals surface area contributed by atoms with Crippen molar-refractivity contribution in [2.75, 3.05) is 13.1 Å². The summed E-state index contributed by atoms with van der Waals surface area (Å²) in [4.78, 5) is 28.9. The van der Waals surface area contributed by atoms with Crippen LogP contribution in [0, 0.1) is 6.92 Å². The van der Waals surface area contributed by atoms with Crippen molar-refractivity contribution in [3.05, 3.63) is 58.9 Å². The van der Waals surface area contributed by atoms with E-state index < -0.39 is 0 Å². The van der Waals surface area contributed by atoms with Crippen molar-refractivity contribution in [1.82, 2.24) is 19.9 Å². The van der Waals surface area contributed by atoms with Crippen molar-refractivity contribution in [1.29, 1.82) is 0 Å². The van der Waals surface area contributed by atoms with E-state index in [0.29, 0.717) is 35.2 Å². The molecule has 3 heterocycles. The quantitative estimate of drug-likeness (QED) is 0.634. The third-order valence-corrected chi connectivity index (χ3v) is 6.12. The molecule has 1 saturated heterocycles. The van der Waals surface area contributed by atoms with Gasteiger partial charge in [-0.05, 0) is 31.5 Å². The Balaban J connectivity index is 1.42. The number of carbonyl (C=O) groups is 1. The molecular weight excluding hydrogens is 384 g/mol. The molecule has 0 spiro atoms. The third-order valence-electron chi connectivity index (χ3n) is 5.04. The minimum absolute atomic E-state index is 0.0512. The fraction of sp³-hybridized carbons (Fsp3) is 0.364. The molecule has 1 aromatic carbocycles.